The van der Waals surface area contributed by atoms with Gasteiger partial charge in [0.2, 0.25) is 0 Å². The zero-order chi connectivity index (χ0) is 11.0. The molecule has 0 N–H and O–H groups in total. The average Bonchev–Trinajstić information content (AvgIpc) is 3.00. The number of halogens is 1. The number of azide groups is 1. The van der Waals surface area contributed by atoms with E-state index in [1.54, 1.807) is 6.08 Å². The van der Waals surface area contributed by atoms with E-state index in [0.29, 0.717) is 0 Å². The molecule has 2 aliphatic carbocycles. The van der Waals surface area contributed by atoms with Crippen molar-refractivity contribution in [2.45, 2.75) is 18.6 Å². The van der Waals surface area contributed by atoms with Gasteiger partial charge in [0.25, 0.3) is 0 Å². The molecule has 2 rings (SSSR count). The second-order valence-electron chi connectivity index (χ2n) is 3.77. The number of allylic oxidation sites excluding steroid dienone is 1. The Bertz CT molecular complexity index is 376. The largest absolute Gasteiger partial charge is 0.466 e. The van der Waals surface area contributed by atoms with Gasteiger partial charge in [0.15, 0.2) is 0 Å². The van der Waals surface area contributed by atoms with Gasteiger partial charge >= 0.3 is 5.97 Å². The van der Waals surface area contributed by atoms with Gasteiger partial charge in [-0.05, 0) is 23.8 Å². The molecule has 0 heterocycles. The van der Waals surface area contributed by atoms with Gasteiger partial charge < -0.3 is 4.74 Å². The Morgan fingerprint density at radius 1 is 1.80 bits per heavy atom. The number of alkyl halides is 1. The molecule has 0 aromatic heterocycles. The van der Waals surface area contributed by atoms with E-state index in [2.05, 4.69) is 14.8 Å². The summed E-state index contributed by atoms with van der Waals surface area (Å²) in [6, 6.07) is -0.751. The lowest BCUT2D eigenvalue weighted by atomic mass is 9.93. The van der Waals surface area contributed by atoms with E-state index in [1.807, 2.05) is 0 Å². The van der Waals surface area contributed by atoms with E-state index in [0.717, 1.165) is 6.42 Å². The molecule has 0 saturated heterocycles. The van der Waals surface area contributed by atoms with E-state index < -0.39 is 18.2 Å². The monoisotopic (exact) mass is 211 g/mol. The third-order valence-electron chi connectivity index (χ3n) is 2.93. The summed E-state index contributed by atoms with van der Waals surface area (Å²) in [5.41, 5.74) is 8.30. The zero-order valence-corrected chi connectivity index (χ0v) is 8.13. The lowest BCUT2D eigenvalue weighted by molar-refractivity contribution is -0.137. The van der Waals surface area contributed by atoms with Crippen LogP contribution in [-0.2, 0) is 9.53 Å². The molecule has 4 atom stereocenters. The summed E-state index contributed by atoms with van der Waals surface area (Å²) in [6.45, 7) is 0. The highest BCUT2D eigenvalue weighted by molar-refractivity contribution is 5.90. The molecular formula is C9H10FN3O2. The van der Waals surface area contributed by atoms with Gasteiger partial charge in [0, 0.05) is 4.91 Å². The minimum absolute atomic E-state index is 0.00588. The van der Waals surface area contributed by atoms with Gasteiger partial charge in [-0.15, -0.1) is 0 Å². The van der Waals surface area contributed by atoms with Gasteiger partial charge in [-0.2, -0.15) is 0 Å². The molecule has 1 saturated carbocycles. The summed E-state index contributed by atoms with van der Waals surface area (Å²) in [5, 5.41) is 3.41. The third-order valence-corrected chi connectivity index (χ3v) is 2.93. The number of hydrogen-bond acceptors (Lipinski definition) is 3. The summed E-state index contributed by atoms with van der Waals surface area (Å²) < 4.78 is 18.3. The average molecular weight is 211 g/mol. The van der Waals surface area contributed by atoms with Crippen LogP contribution in [0.1, 0.15) is 6.42 Å². The van der Waals surface area contributed by atoms with Crippen LogP contribution < -0.4 is 0 Å². The highest BCUT2D eigenvalue weighted by Gasteiger charge is 2.51. The van der Waals surface area contributed by atoms with Crippen molar-refractivity contribution in [2.75, 3.05) is 7.11 Å². The van der Waals surface area contributed by atoms with Gasteiger partial charge in [-0.1, -0.05) is 11.2 Å². The van der Waals surface area contributed by atoms with E-state index in [-0.39, 0.29) is 17.4 Å². The minimum atomic E-state index is -1.53. The molecule has 0 bridgehead atoms. The smallest absolute Gasteiger partial charge is 0.336 e. The number of fused-ring (bicyclic) bond motifs is 1. The third kappa shape index (κ3) is 1.57. The van der Waals surface area contributed by atoms with Gasteiger partial charge in [0.1, 0.15) is 6.17 Å². The number of hydrogen-bond donors (Lipinski definition) is 0. The predicted octanol–water partition coefficient (Wildman–Crippen LogP) is 1.75. The van der Waals surface area contributed by atoms with Crippen LogP contribution in [0, 0.1) is 11.8 Å². The lowest BCUT2D eigenvalue weighted by Gasteiger charge is -2.21. The number of carbonyl (C=O) groups is 1. The van der Waals surface area contributed by atoms with Gasteiger partial charge in [-0.25, -0.2) is 9.18 Å². The van der Waals surface area contributed by atoms with E-state index in [9.17, 15) is 9.18 Å². The van der Waals surface area contributed by atoms with Crippen LogP contribution >= 0.6 is 0 Å². The maximum atomic E-state index is 13.8. The zero-order valence-electron chi connectivity index (χ0n) is 8.13. The van der Waals surface area contributed by atoms with Crippen molar-refractivity contribution < 1.29 is 13.9 Å². The maximum absolute atomic E-state index is 13.8. The molecule has 0 radical (unpaired) electrons. The second kappa shape index (κ2) is 3.55. The summed E-state index contributed by atoms with van der Waals surface area (Å²) >= 11 is 0. The predicted molar refractivity (Wildman–Crippen MR) is 49.5 cm³/mol. The van der Waals surface area contributed by atoms with Crippen molar-refractivity contribution in [3.63, 3.8) is 0 Å². The van der Waals surface area contributed by atoms with Crippen molar-refractivity contribution >= 4 is 5.97 Å². The summed E-state index contributed by atoms with van der Waals surface area (Å²) in [5.74, 6) is -0.447. The minimum Gasteiger partial charge on any atom is -0.466 e. The molecule has 15 heavy (non-hydrogen) atoms. The Morgan fingerprint density at radius 2 is 2.53 bits per heavy atom. The number of esters is 1. The maximum Gasteiger partial charge on any atom is 0.336 e. The Balaban J connectivity index is 2.26. The fourth-order valence-corrected chi connectivity index (χ4v) is 2.05. The Kier molecular flexibility index (Phi) is 2.36. The number of nitrogens with zero attached hydrogens (tertiary/aromatic N) is 3. The molecule has 0 amide bonds. The van der Waals surface area contributed by atoms with Crippen molar-refractivity contribution in [1.29, 1.82) is 0 Å². The first-order chi connectivity index (χ1) is 7.19. The Morgan fingerprint density at radius 3 is 3.13 bits per heavy atom. The first-order valence-corrected chi connectivity index (χ1v) is 4.67. The van der Waals surface area contributed by atoms with E-state index >= 15 is 0 Å². The van der Waals surface area contributed by atoms with Crippen LogP contribution in [0.3, 0.4) is 0 Å². The van der Waals surface area contributed by atoms with Crippen LogP contribution in [0.4, 0.5) is 4.39 Å². The molecule has 0 spiro atoms. The van der Waals surface area contributed by atoms with Crippen molar-refractivity contribution in [3.05, 3.63) is 22.1 Å². The first-order valence-electron chi connectivity index (χ1n) is 4.67. The molecule has 2 aliphatic rings. The van der Waals surface area contributed by atoms with Gasteiger partial charge in [-0.3, -0.25) is 0 Å². The van der Waals surface area contributed by atoms with Crippen molar-refractivity contribution in [2.24, 2.45) is 17.0 Å². The molecule has 0 aliphatic heterocycles. The molecule has 1 fully saturated rings. The molecule has 0 aromatic rings. The quantitative estimate of drug-likeness (QED) is 0.302. The number of methoxy groups -OCH3 is 1. The van der Waals surface area contributed by atoms with Crippen molar-refractivity contribution in [1.82, 2.24) is 0 Å². The SMILES string of the molecule is COC(=O)C1=C[C@@H]2C[C@@H]2C(N=[N+]=[N-])C1F. The van der Waals surface area contributed by atoms with Crippen LogP contribution in [-0.4, -0.2) is 25.3 Å². The highest BCUT2D eigenvalue weighted by Crippen LogP contribution is 2.50. The number of carbonyl (C=O) groups excluding carboxylic acids is 1. The van der Waals surface area contributed by atoms with E-state index in [1.165, 1.54) is 7.11 Å². The number of rotatable bonds is 2. The fraction of sp³-hybridized carbons (Fsp3) is 0.667. The van der Waals surface area contributed by atoms with Gasteiger partial charge in [0.05, 0.1) is 18.7 Å². The Labute approximate surface area is 85.5 Å². The molecule has 80 valence electrons. The van der Waals surface area contributed by atoms with Crippen LogP contribution in [0.15, 0.2) is 16.8 Å². The summed E-state index contributed by atoms with van der Waals surface area (Å²) in [7, 11) is 1.21. The van der Waals surface area contributed by atoms with Crippen LogP contribution in [0.5, 0.6) is 0 Å². The van der Waals surface area contributed by atoms with Crippen LogP contribution in [0.25, 0.3) is 10.4 Å². The topological polar surface area (TPSA) is 75.1 Å². The fourth-order valence-electron chi connectivity index (χ4n) is 2.05. The van der Waals surface area contributed by atoms with E-state index in [4.69, 9.17) is 5.53 Å². The van der Waals surface area contributed by atoms with Crippen molar-refractivity contribution in [3.8, 4) is 0 Å². The normalized spacial score (nSPS) is 37.1. The standard InChI is InChI=1S/C9H10FN3O2/c1-15-9(14)6-3-4-2-5(4)8(7(6)10)12-13-11/h3-5,7-8H,2H2,1H3/t4-,5-,7?,8?/m0/s1. The highest BCUT2D eigenvalue weighted by atomic mass is 19.1. The number of ether oxygens (including phenoxy) is 1. The van der Waals surface area contributed by atoms with Crippen LogP contribution in [0.2, 0.25) is 0 Å². The molecule has 2 unspecified atom stereocenters. The second-order valence-corrected chi connectivity index (χ2v) is 3.77. The summed E-state index contributed by atoms with van der Waals surface area (Å²) in [6.07, 6.45) is 0.854. The molecule has 6 heteroatoms. The Hall–Kier alpha value is -1.55. The molecular weight excluding hydrogens is 201 g/mol. The molecule has 5 nitrogen and oxygen atoms in total. The first kappa shape index (κ1) is 9.98. The lowest BCUT2D eigenvalue weighted by Crippen LogP contribution is -2.31. The molecule has 0 aromatic carbocycles. The summed E-state index contributed by atoms with van der Waals surface area (Å²) in [4.78, 5) is 13.8.